The molecular formula is C15H28N4. The van der Waals surface area contributed by atoms with Crippen LogP contribution in [0.4, 0.5) is 5.82 Å². The first-order valence-electron chi connectivity index (χ1n) is 7.02. The van der Waals surface area contributed by atoms with Crippen LogP contribution in [0.2, 0.25) is 0 Å². The van der Waals surface area contributed by atoms with Crippen molar-refractivity contribution in [3.8, 4) is 0 Å². The molecule has 0 fully saturated rings. The molecule has 0 aliphatic heterocycles. The van der Waals surface area contributed by atoms with Gasteiger partial charge in [-0.3, -0.25) is 0 Å². The van der Waals surface area contributed by atoms with E-state index in [2.05, 4.69) is 68.1 Å². The monoisotopic (exact) mass is 264 g/mol. The predicted octanol–water partition coefficient (Wildman–Crippen LogP) is 2.70. The fraction of sp³-hybridized carbons (Fsp3) is 0.733. The molecule has 0 saturated carbocycles. The van der Waals surface area contributed by atoms with Crippen molar-refractivity contribution in [3.63, 3.8) is 0 Å². The van der Waals surface area contributed by atoms with Gasteiger partial charge in [0.15, 0.2) is 5.82 Å². The Morgan fingerprint density at radius 1 is 1.21 bits per heavy atom. The Bertz CT molecular complexity index is 365. The highest BCUT2D eigenvalue weighted by Crippen LogP contribution is 2.18. The molecule has 1 rings (SSSR count). The van der Waals surface area contributed by atoms with E-state index in [1.807, 2.05) is 6.07 Å². The smallest absolute Gasteiger partial charge is 0.151 e. The van der Waals surface area contributed by atoms with Crippen LogP contribution in [0.15, 0.2) is 12.1 Å². The van der Waals surface area contributed by atoms with Gasteiger partial charge in [-0.15, -0.1) is 5.10 Å². The summed E-state index contributed by atoms with van der Waals surface area (Å²) in [5.41, 5.74) is 1.25. The van der Waals surface area contributed by atoms with Gasteiger partial charge < -0.3 is 10.2 Å². The predicted molar refractivity (Wildman–Crippen MR) is 81.3 cm³/mol. The Kier molecular flexibility index (Phi) is 5.73. The first kappa shape index (κ1) is 15.9. The third kappa shape index (κ3) is 6.53. The van der Waals surface area contributed by atoms with Crippen molar-refractivity contribution in [2.75, 3.05) is 25.0 Å². The number of aromatic nitrogens is 2. The van der Waals surface area contributed by atoms with Crippen molar-refractivity contribution in [3.05, 3.63) is 17.8 Å². The molecule has 4 heteroatoms. The first-order valence-corrected chi connectivity index (χ1v) is 7.02. The highest BCUT2D eigenvalue weighted by atomic mass is 15.2. The minimum atomic E-state index is 0.258. The van der Waals surface area contributed by atoms with Crippen LogP contribution in [0, 0.1) is 11.3 Å². The lowest BCUT2D eigenvalue weighted by Gasteiger charge is -2.27. The van der Waals surface area contributed by atoms with Crippen molar-refractivity contribution in [1.29, 1.82) is 0 Å². The Morgan fingerprint density at radius 2 is 1.89 bits per heavy atom. The second-order valence-electron chi connectivity index (χ2n) is 6.82. The lowest BCUT2D eigenvalue weighted by Crippen LogP contribution is -2.30. The molecule has 4 nitrogen and oxygen atoms in total. The summed E-state index contributed by atoms with van der Waals surface area (Å²) in [6.45, 7) is 13.8. The summed E-state index contributed by atoms with van der Waals surface area (Å²) in [6.07, 6.45) is 0. The molecule has 1 aromatic heterocycles. The molecule has 0 atom stereocenters. The Hall–Kier alpha value is -1.16. The molecule has 0 aromatic carbocycles. The summed E-state index contributed by atoms with van der Waals surface area (Å²) < 4.78 is 0. The summed E-state index contributed by atoms with van der Waals surface area (Å²) >= 11 is 0. The number of hydrogen-bond acceptors (Lipinski definition) is 4. The first-order chi connectivity index (χ1) is 8.78. The molecule has 1 heterocycles. The van der Waals surface area contributed by atoms with E-state index >= 15 is 0 Å². The summed E-state index contributed by atoms with van der Waals surface area (Å²) in [7, 11) is 2.06. The average molecular weight is 264 g/mol. The van der Waals surface area contributed by atoms with Gasteiger partial charge in [0.1, 0.15) is 0 Å². The lowest BCUT2D eigenvalue weighted by molar-refractivity contribution is 0.417. The van der Waals surface area contributed by atoms with Gasteiger partial charge in [0, 0.05) is 20.1 Å². The minimum absolute atomic E-state index is 0.258. The molecule has 1 aromatic rings. The zero-order chi connectivity index (χ0) is 14.5. The van der Waals surface area contributed by atoms with Gasteiger partial charge in [-0.1, -0.05) is 34.6 Å². The van der Waals surface area contributed by atoms with Crippen molar-refractivity contribution < 1.29 is 0 Å². The van der Waals surface area contributed by atoms with E-state index < -0.39 is 0 Å². The molecule has 0 saturated heterocycles. The molecular weight excluding hydrogens is 236 g/mol. The number of rotatable bonds is 6. The molecule has 0 aliphatic carbocycles. The summed E-state index contributed by atoms with van der Waals surface area (Å²) in [5, 5.41) is 11.9. The van der Waals surface area contributed by atoms with Gasteiger partial charge in [0.25, 0.3) is 0 Å². The number of anilines is 1. The van der Waals surface area contributed by atoms with Crippen LogP contribution in [-0.2, 0) is 6.54 Å². The zero-order valence-electron chi connectivity index (χ0n) is 13.2. The van der Waals surface area contributed by atoms with Crippen molar-refractivity contribution in [2.24, 2.45) is 11.3 Å². The quantitative estimate of drug-likeness (QED) is 0.857. The van der Waals surface area contributed by atoms with Crippen molar-refractivity contribution >= 4 is 5.82 Å². The fourth-order valence-electron chi connectivity index (χ4n) is 1.93. The molecule has 0 bridgehead atoms. The van der Waals surface area contributed by atoms with E-state index in [1.165, 1.54) is 0 Å². The van der Waals surface area contributed by atoms with Crippen LogP contribution < -0.4 is 10.2 Å². The highest BCUT2D eigenvalue weighted by Gasteiger charge is 2.14. The maximum atomic E-state index is 4.30. The molecule has 1 N–H and O–H groups in total. The molecule has 0 radical (unpaired) electrons. The highest BCUT2D eigenvalue weighted by molar-refractivity contribution is 5.36. The fourth-order valence-corrected chi connectivity index (χ4v) is 1.93. The van der Waals surface area contributed by atoms with Crippen LogP contribution in [0.1, 0.15) is 40.3 Å². The molecule has 0 unspecified atom stereocenters. The third-order valence-electron chi connectivity index (χ3n) is 2.67. The van der Waals surface area contributed by atoms with E-state index in [4.69, 9.17) is 0 Å². The van der Waals surface area contributed by atoms with Gasteiger partial charge in [0.05, 0.1) is 5.69 Å². The Balaban J connectivity index is 2.51. The van der Waals surface area contributed by atoms with Gasteiger partial charge in [-0.05, 0) is 30.0 Å². The Labute approximate surface area is 117 Å². The van der Waals surface area contributed by atoms with Gasteiger partial charge in [-0.25, -0.2) is 0 Å². The average Bonchev–Trinajstić information content (AvgIpc) is 2.27. The van der Waals surface area contributed by atoms with Crippen LogP contribution >= 0.6 is 0 Å². The molecule has 0 aliphatic rings. The molecule has 0 spiro atoms. The second-order valence-corrected chi connectivity index (χ2v) is 6.82. The van der Waals surface area contributed by atoms with E-state index in [0.717, 1.165) is 31.1 Å². The van der Waals surface area contributed by atoms with Crippen LogP contribution in [-0.4, -0.2) is 30.3 Å². The van der Waals surface area contributed by atoms with Gasteiger partial charge >= 0.3 is 0 Å². The van der Waals surface area contributed by atoms with Crippen LogP contribution in [0.5, 0.6) is 0 Å². The summed E-state index contributed by atoms with van der Waals surface area (Å²) in [5.74, 6) is 1.59. The second kappa shape index (κ2) is 6.85. The van der Waals surface area contributed by atoms with Crippen molar-refractivity contribution in [1.82, 2.24) is 15.5 Å². The van der Waals surface area contributed by atoms with Crippen molar-refractivity contribution in [2.45, 2.75) is 41.2 Å². The summed E-state index contributed by atoms with van der Waals surface area (Å²) in [6, 6.07) is 4.10. The van der Waals surface area contributed by atoms with E-state index in [0.29, 0.717) is 5.92 Å². The van der Waals surface area contributed by atoms with Gasteiger partial charge in [0.2, 0.25) is 0 Å². The normalized spacial score (nSPS) is 11.9. The number of nitrogens with one attached hydrogen (secondary N) is 1. The molecule has 108 valence electrons. The third-order valence-corrected chi connectivity index (χ3v) is 2.67. The largest absolute Gasteiger partial charge is 0.358 e. The lowest BCUT2D eigenvalue weighted by atomic mass is 9.96. The number of hydrogen-bond donors (Lipinski definition) is 1. The van der Waals surface area contributed by atoms with Crippen LogP contribution in [0.25, 0.3) is 0 Å². The summed E-state index contributed by atoms with van der Waals surface area (Å²) in [4.78, 5) is 2.15. The maximum absolute atomic E-state index is 4.30. The molecule has 19 heavy (non-hydrogen) atoms. The maximum Gasteiger partial charge on any atom is 0.151 e. The zero-order valence-corrected chi connectivity index (χ0v) is 13.2. The van der Waals surface area contributed by atoms with E-state index in [9.17, 15) is 0 Å². The molecule has 0 amide bonds. The van der Waals surface area contributed by atoms with E-state index in [-0.39, 0.29) is 5.41 Å². The minimum Gasteiger partial charge on any atom is -0.358 e. The Morgan fingerprint density at radius 3 is 2.37 bits per heavy atom. The van der Waals surface area contributed by atoms with Crippen LogP contribution in [0.3, 0.4) is 0 Å². The van der Waals surface area contributed by atoms with E-state index in [1.54, 1.807) is 0 Å². The number of nitrogens with zero attached hydrogens (tertiary/aromatic N) is 3. The topological polar surface area (TPSA) is 41.0 Å². The van der Waals surface area contributed by atoms with Gasteiger partial charge in [-0.2, -0.15) is 5.10 Å². The standard InChI is InChI=1S/C15H28N4/c1-12(2)9-16-10-13-7-8-14(18-17-13)19(6)11-15(3,4)5/h7-8,12,16H,9-11H2,1-6H3. The SMILES string of the molecule is CC(C)CNCc1ccc(N(C)CC(C)(C)C)nn1.